The number of nitrogens with zero attached hydrogens (tertiary/aromatic N) is 1. The number of amides is 3. The van der Waals surface area contributed by atoms with Crippen molar-refractivity contribution < 1.29 is 14.4 Å². The van der Waals surface area contributed by atoms with Crippen molar-refractivity contribution in [3.05, 3.63) is 62.7 Å². The van der Waals surface area contributed by atoms with E-state index in [1.54, 1.807) is 53.6 Å². The fourth-order valence-electron chi connectivity index (χ4n) is 2.39. The Bertz CT molecular complexity index is 842. The normalized spacial score (nSPS) is 16.8. The van der Waals surface area contributed by atoms with Crippen molar-refractivity contribution in [1.29, 1.82) is 0 Å². The van der Waals surface area contributed by atoms with Crippen molar-refractivity contribution >= 4 is 46.2 Å². The second kappa shape index (κ2) is 7.25. The van der Waals surface area contributed by atoms with Gasteiger partial charge in [-0.15, -0.1) is 11.3 Å². The van der Waals surface area contributed by atoms with Crippen LogP contribution in [0.5, 0.6) is 0 Å². The number of carbonyl (C=O) groups excluding carboxylic acids is 3. The maximum Gasteiger partial charge on any atom is 0.290 e. The number of nitrogens with one attached hydrogen (secondary N) is 1. The molecule has 1 N–H and O–H groups in total. The molecule has 25 heavy (non-hydrogen) atoms. The summed E-state index contributed by atoms with van der Waals surface area (Å²) in [4.78, 5) is 38.6. The first-order valence-electron chi connectivity index (χ1n) is 7.61. The first-order valence-corrected chi connectivity index (χ1v) is 9.31. The van der Waals surface area contributed by atoms with Crippen molar-refractivity contribution in [1.82, 2.24) is 10.2 Å². The van der Waals surface area contributed by atoms with Gasteiger partial charge in [0.1, 0.15) is 0 Å². The van der Waals surface area contributed by atoms with Gasteiger partial charge < -0.3 is 4.90 Å². The molecule has 1 aromatic heterocycles. The summed E-state index contributed by atoms with van der Waals surface area (Å²) in [6, 6.07) is 11.0. The molecule has 2 heterocycles. The molecular formula is C18H16N2O3S2. The molecule has 1 atom stereocenters. The summed E-state index contributed by atoms with van der Waals surface area (Å²) in [6.07, 6.45) is 1.64. The largest absolute Gasteiger partial charge is 0.334 e. The van der Waals surface area contributed by atoms with E-state index >= 15 is 0 Å². The lowest BCUT2D eigenvalue weighted by Crippen LogP contribution is -2.29. The van der Waals surface area contributed by atoms with Gasteiger partial charge >= 0.3 is 0 Å². The van der Waals surface area contributed by atoms with Crippen LogP contribution in [0.4, 0.5) is 4.79 Å². The van der Waals surface area contributed by atoms with Crippen molar-refractivity contribution in [2.24, 2.45) is 0 Å². The summed E-state index contributed by atoms with van der Waals surface area (Å²) in [6.45, 7) is 2.00. The molecule has 7 heteroatoms. The van der Waals surface area contributed by atoms with E-state index in [2.05, 4.69) is 5.32 Å². The quantitative estimate of drug-likeness (QED) is 0.827. The second-order valence-electron chi connectivity index (χ2n) is 5.58. The van der Waals surface area contributed by atoms with Crippen LogP contribution in [-0.4, -0.2) is 29.0 Å². The van der Waals surface area contributed by atoms with Gasteiger partial charge in [0, 0.05) is 17.5 Å². The summed E-state index contributed by atoms with van der Waals surface area (Å²) < 4.78 is 0. The van der Waals surface area contributed by atoms with Gasteiger partial charge in [-0.1, -0.05) is 18.2 Å². The van der Waals surface area contributed by atoms with Crippen LogP contribution in [0.3, 0.4) is 0 Å². The van der Waals surface area contributed by atoms with E-state index in [4.69, 9.17) is 0 Å². The fourth-order valence-corrected chi connectivity index (χ4v) is 3.90. The van der Waals surface area contributed by atoms with Crippen LogP contribution in [-0.2, 0) is 4.79 Å². The van der Waals surface area contributed by atoms with Gasteiger partial charge in [-0.3, -0.25) is 19.7 Å². The number of thiophene rings is 1. The fraction of sp³-hybridized carbons (Fsp3) is 0.167. The second-order valence-corrected chi connectivity index (χ2v) is 7.58. The van der Waals surface area contributed by atoms with Crippen molar-refractivity contribution in [3.63, 3.8) is 0 Å². The summed E-state index contributed by atoms with van der Waals surface area (Å²) in [5.41, 5.74) is 1.34. The molecular weight excluding hydrogens is 356 g/mol. The number of rotatable bonds is 4. The number of imide groups is 1. The Kier molecular flexibility index (Phi) is 5.06. The van der Waals surface area contributed by atoms with Crippen molar-refractivity contribution in [3.8, 4) is 0 Å². The highest BCUT2D eigenvalue weighted by atomic mass is 32.2. The van der Waals surface area contributed by atoms with E-state index in [1.165, 1.54) is 0 Å². The molecule has 1 unspecified atom stereocenters. The summed E-state index contributed by atoms with van der Waals surface area (Å²) in [7, 11) is 1.79. The monoisotopic (exact) mass is 372 g/mol. The van der Waals surface area contributed by atoms with Gasteiger partial charge in [0.15, 0.2) is 0 Å². The zero-order valence-corrected chi connectivity index (χ0v) is 15.3. The summed E-state index contributed by atoms with van der Waals surface area (Å²) in [5.74, 6) is -0.456. The van der Waals surface area contributed by atoms with Gasteiger partial charge in [0.05, 0.1) is 10.9 Å². The SMILES string of the molecule is CC(c1cccs1)N(C)C(=O)c1ccc(/C=C2/SC(=O)NC2=O)cc1. The molecule has 0 bridgehead atoms. The lowest BCUT2D eigenvalue weighted by Gasteiger charge is -2.24. The third kappa shape index (κ3) is 3.83. The van der Waals surface area contributed by atoms with Crippen LogP contribution in [0, 0.1) is 0 Å². The number of hydrogen-bond donors (Lipinski definition) is 1. The van der Waals surface area contributed by atoms with Gasteiger partial charge in [0.2, 0.25) is 0 Å². The predicted molar refractivity (Wildman–Crippen MR) is 100 cm³/mol. The van der Waals surface area contributed by atoms with Crippen LogP contribution in [0.2, 0.25) is 0 Å². The van der Waals surface area contributed by atoms with Crippen LogP contribution < -0.4 is 5.32 Å². The lowest BCUT2D eigenvalue weighted by molar-refractivity contribution is -0.115. The number of benzene rings is 1. The van der Waals surface area contributed by atoms with Gasteiger partial charge in [0.25, 0.3) is 17.1 Å². The van der Waals surface area contributed by atoms with E-state index in [1.807, 2.05) is 24.4 Å². The van der Waals surface area contributed by atoms with Gasteiger partial charge in [-0.25, -0.2) is 0 Å². The summed E-state index contributed by atoms with van der Waals surface area (Å²) >= 11 is 2.50. The van der Waals surface area contributed by atoms with E-state index in [9.17, 15) is 14.4 Å². The maximum atomic E-state index is 12.6. The molecule has 3 amide bonds. The summed E-state index contributed by atoms with van der Waals surface area (Å²) in [5, 5.41) is 3.84. The molecule has 1 aliphatic rings. The molecule has 0 spiro atoms. The Labute approximate surface area is 153 Å². The molecule has 1 saturated heterocycles. The third-order valence-electron chi connectivity index (χ3n) is 3.95. The lowest BCUT2D eigenvalue weighted by atomic mass is 10.1. The third-order valence-corrected chi connectivity index (χ3v) is 5.81. The highest BCUT2D eigenvalue weighted by Gasteiger charge is 2.25. The first-order chi connectivity index (χ1) is 12.0. The average Bonchev–Trinajstić information content (AvgIpc) is 3.24. The Hall–Kier alpha value is -2.38. The Morgan fingerprint density at radius 3 is 2.48 bits per heavy atom. The zero-order chi connectivity index (χ0) is 18.0. The molecule has 1 aromatic carbocycles. The highest BCUT2D eigenvalue weighted by molar-refractivity contribution is 8.18. The predicted octanol–water partition coefficient (Wildman–Crippen LogP) is 3.91. The van der Waals surface area contributed by atoms with Crippen LogP contribution in [0.15, 0.2) is 46.7 Å². The minimum atomic E-state index is -0.389. The van der Waals surface area contributed by atoms with E-state index in [-0.39, 0.29) is 23.1 Å². The average molecular weight is 372 g/mol. The Morgan fingerprint density at radius 2 is 1.92 bits per heavy atom. The smallest absolute Gasteiger partial charge is 0.290 e. The Balaban J connectivity index is 1.73. The molecule has 1 aliphatic heterocycles. The minimum Gasteiger partial charge on any atom is -0.334 e. The molecule has 3 rings (SSSR count). The topological polar surface area (TPSA) is 66.5 Å². The van der Waals surface area contributed by atoms with Crippen LogP contribution in [0.25, 0.3) is 6.08 Å². The number of carbonyl (C=O) groups is 3. The highest BCUT2D eigenvalue weighted by Crippen LogP contribution is 2.27. The van der Waals surface area contributed by atoms with E-state index in [0.29, 0.717) is 10.5 Å². The van der Waals surface area contributed by atoms with Crippen LogP contribution in [0.1, 0.15) is 33.8 Å². The molecule has 2 aromatic rings. The standard InChI is InChI=1S/C18H16N2O3S2/c1-11(14-4-3-9-24-14)20(2)17(22)13-7-5-12(6-8-13)10-15-16(21)19-18(23)25-15/h3-11H,1-2H3,(H,19,21,23)/b15-10+. The maximum absolute atomic E-state index is 12.6. The number of hydrogen-bond acceptors (Lipinski definition) is 5. The van der Waals surface area contributed by atoms with E-state index < -0.39 is 0 Å². The first kappa shape index (κ1) is 17.4. The van der Waals surface area contributed by atoms with Crippen molar-refractivity contribution in [2.45, 2.75) is 13.0 Å². The molecule has 128 valence electrons. The Morgan fingerprint density at radius 1 is 1.20 bits per heavy atom. The zero-order valence-electron chi connectivity index (χ0n) is 13.7. The van der Waals surface area contributed by atoms with Gasteiger partial charge in [-0.2, -0.15) is 0 Å². The molecule has 0 saturated carbocycles. The molecule has 0 radical (unpaired) electrons. The molecule has 1 fully saturated rings. The van der Waals surface area contributed by atoms with Crippen LogP contribution >= 0.6 is 23.1 Å². The molecule has 5 nitrogen and oxygen atoms in total. The van der Waals surface area contributed by atoms with Gasteiger partial charge in [-0.05, 0) is 53.9 Å². The van der Waals surface area contributed by atoms with E-state index in [0.717, 1.165) is 22.2 Å². The minimum absolute atomic E-state index is 0.00103. The molecule has 0 aliphatic carbocycles. The van der Waals surface area contributed by atoms with Crippen molar-refractivity contribution in [2.75, 3.05) is 7.05 Å². The number of thioether (sulfide) groups is 1.